The Balaban J connectivity index is 1.72. The first kappa shape index (κ1) is 11.6. The van der Waals surface area contributed by atoms with Crippen molar-refractivity contribution in [1.29, 1.82) is 0 Å². The molecule has 2 heterocycles. The molecule has 2 rings (SSSR count). The van der Waals surface area contributed by atoms with E-state index in [0.717, 1.165) is 31.2 Å². The number of aromatic nitrogens is 1. The van der Waals surface area contributed by atoms with Crippen LogP contribution >= 0.6 is 0 Å². The first-order valence-corrected chi connectivity index (χ1v) is 6.03. The van der Waals surface area contributed by atoms with Gasteiger partial charge < -0.3 is 14.6 Å². The van der Waals surface area contributed by atoms with E-state index in [1.807, 2.05) is 6.07 Å². The maximum atomic E-state index is 5.53. The average molecular weight is 224 g/mol. The molecule has 1 saturated heterocycles. The molecule has 1 aliphatic heterocycles. The van der Waals surface area contributed by atoms with Crippen LogP contribution in [-0.4, -0.2) is 24.4 Å². The van der Waals surface area contributed by atoms with Crippen molar-refractivity contribution in [1.82, 2.24) is 10.5 Å². The summed E-state index contributed by atoms with van der Waals surface area (Å²) < 4.78 is 10.8. The quantitative estimate of drug-likeness (QED) is 0.831. The van der Waals surface area contributed by atoms with Crippen molar-refractivity contribution in [2.75, 3.05) is 13.2 Å². The summed E-state index contributed by atoms with van der Waals surface area (Å²) >= 11 is 0. The minimum Gasteiger partial charge on any atom is -0.377 e. The Kier molecular flexibility index (Phi) is 3.96. The van der Waals surface area contributed by atoms with Crippen molar-refractivity contribution in [3.63, 3.8) is 0 Å². The lowest BCUT2D eigenvalue weighted by atomic mass is 10.1. The van der Waals surface area contributed by atoms with E-state index in [1.165, 1.54) is 12.8 Å². The first-order chi connectivity index (χ1) is 7.75. The van der Waals surface area contributed by atoms with E-state index in [0.29, 0.717) is 12.0 Å². The molecule has 0 radical (unpaired) electrons. The van der Waals surface area contributed by atoms with Gasteiger partial charge in [-0.15, -0.1) is 0 Å². The van der Waals surface area contributed by atoms with Gasteiger partial charge in [0.25, 0.3) is 0 Å². The lowest BCUT2D eigenvalue weighted by Crippen LogP contribution is -2.25. The predicted octanol–water partition coefficient (Wildman–Crippen LogP) is 2.07. The van der Waals surface area contributed by atoms with Crippen LogP contribution in [0.5, 0.6) is 0 Å². The Morgan fingerprint density at radius 3 is 3.06 bits per heavy atom. The molecule has 1 N–H and O–H groups in total. The van der Waals surface area contributed by atoms with Gasteiger partial charge in [-0.2, -0.15) is 0 Å². The maximum Gasteiger partial charge on any atom is 0.139 e. The van der Waals surface area contributed by atoms with Gasteiger partial charge >= 0.3 is 0 Å². The standard InChI is InChI=1S/C12H20N2O2/c1-9(2)12-6-10(14-16-12)7-13-8-11-4-3-5-15-11/h6,9,11,13H,3-5,7-8H2,1-2H3. The molecule has 1 unspecified atom stereocenters. The van der Waals surface area contributed by atoms with Gasteiger partial charge in [-0.3, -0.25) is 0 Å². The molecule has 0 saturated carbocycles. The van der Waals surface area contributed by atoms with Crippen molar-refractivity contribution in [3.05, 3.63) is 17.5 Å². The van der Waals surface area contributed by atoms with Crippen LogP contribution < -0.4 is 5.32 Å². The highest BCUT2D eigenvalue weighted by Crippen LogP contribution is 2.15. The summed E-state index contributed by atoms with van der Waals surface area (Å²) in [6.07, 6.45) is 2.74. The average Bonchev–Trinajstić information content (AvgIpc) is 2.87. The van der Waals surface area contributed by atoms with Crippen LogP contribution in [0.3, 0.4) is 0 Å². The lowest BCUT2D eigenvalue weighted by molar-refractivity contribution is 0.110. The van der Waals surface area contributed by atoms with E-state index in [4.69, 9.17) is 9.26 Å². The molecule has 1 aromatic rings. The van der Waals surface area contributed by atoms with Gasteiger partial charge in [0.1, 0.15) is 5.76 Å². The van der Waals surface area contributed by atoms with Crippen LogP contribution in [0.4, 0.5) is 0 Å². The molecule has 1 fully saturated rings. The SMILES string of the molecule is CC(C)c1cc(CNCC2CCCO2)no1. The molecule has 0 aliphatic carbocycles. The summed E-state index contributed by atoms with van der Waals surface area (Å²) in [7, 11) is 0. The second-order valence-corrected chi connectivity index (χ2v) is 4.64. The minimum atomic E-state index is 0.386. The second kappa shape index (κ2) is 5.46. The topological polar surface area (TPSA) is 47.3 Å². The smallest absolute Gasteiger partial charge is 0.139 e. The third-order valence-electron chi connectivity index (χ3n) is 2.85. The van der Waals surface area contributed by atoms with Gasteiger partial charge in [0.05, 0.1) is 11.8 Å². The van der Waals surface area contributed by atoms with Crippen LogP contribution in [0.25, 0.3) is 0 Å². The highest BCUT2D eigenvalue weighted by Gasteiger charge is 2.15. The summed E-state index contributed by atoms with van der Waals surface area (Å²) in [5.41, 5.74) is 0.974. The maximum absolute atomic E-state index is 5.53. The zero-order valence-corrected chi connectivity index (χ0v) is 10.0. The summed E-state index contributed by atoms with van der Waals surface area (Å²) in [4.78, 5) is 0. The molecule has 0 bridgehead atoms. The molecule has 0 aromatic carbocycles. The number of nitrogens with one attached hydrogen (secondary N) is 1. The van der Waals surface area contributed by atoms with Gasteiger partial charge in [-0.1, -0.05) is 19.0 Å². The Morgan fingerprint density at radius 2 is 2.44 bits per heavy atom. The highest BCUT2D eigenvalue weighted by atomic mass is 16.5. The molecular weight excluding hydrogens is 204 g/mol. The molecule has 1 aromatic heterocycles. The number of nitrogens with zero attached hydrogens (tertiary/aromatic N) is 1. The van der Waals surface area contributed by atoms with Gasteiger partial charge in [0.2, 0.25) is 0 Å². The Bertz CT molecular complexity index is 317. The summed E-state index contributed by atoms with van der Waals surface area (Å²) in [5.74, 6) is 1.35. The Labute approximate surface area is 96.3 Å². The van der Waals surface area contributed by atoms with Crippen LogP contribution in [-0.2, 0) is 11.3 Å². The number of rotatable bonds is 5. The molecule has 1 atom stereocenters. The van der Waals surface area contributed by atoms with E-state index in [1.54, 1.807) is 0 Å². The third-order valence-corrected chi connectivity index (χ3v) is 2.85. The summed E-state index contributed by atoms with van der Waals surface area (Å²) in [6, 6.07) is 2.02. The molecule has 4 nitrogen and oxygen atoms in total. The number of hydrogen-bond acceptors (Lipinski definition) is 4. The second-order valence-electron chi connectivity index (χ2n) is 4.64. The monoisotopic (exact) mass is 224 g/mol. The third kappa shape index (κ3) is 3.06. The fourth-order valence-electron chi connectivity index (χ4n) is 1.85. The summed E-state index contributed by atoms with van der Waals surface area (Å²) in [5, 5.41) is 7.37. The van der Waals surface area contributed by atoms with Crippen molar-refractivity contribution < 1.29 is 9.26 Å². The fourth-order valence-corrected chi connectivity index (χ4v) is 1.85. The van der Waals surface area contributed by atoms with Crippen LogP contribution in [0.15, 0.2) is 10.6 Å². The van der Waals surface area contributed by atoms with E-state index in [9.17, 15) is 0 Å². The van der Waals surface area contributed by atoms with E-state index in [2.05, 4.69) is 24.3 Å². The number of ether oxygens (including phenoxy) is 1. The Morgan fingerprint density at radius 1 is 1.56 bits per heavy atom. The number of hydrogen-bond donors (Lipinski definition) is 1. The van der Waals surface area contributed by atoms with Gasteiger partial charge in [0.15, 0.2) is 0 Å². The molecule has 4 heteroatoms. The minimum absolute atomic E-state index is 0.386. The van der Waals surface area contributed by atoms with Gasteiger partial charge in [-0.25, -0.2) is 0 Å². The molecular formula is C12H20N2O2. The van der Waals surface area contributed by atoms with Gasteiger partial charge in [-0.05, 0) is 12.8 Å². The van der Waals surface area contributed by atoms with E-state index >= 15 is 0 Å². The normalized spacial score (nSPS) is 20.8. The zero-order chi connectivity index (χ0) is 11.4. The summed E-state index contributed by atoms with van der Waals surface area (Å²) in [6.45, 7) is 6.78. The molecule has 16 heavy (non-hydrogen) atoms. The highest BCUT2D eigenvalue weighted by molar-refractivity contribution is 5.08. The van der Waals surface area contributed by atoms with Crippen molar-refractivity contribution >= 4 is 0 Å². The van der Waals surface area contributed by atoms with Crippen LogP contribution in [0.2, 0.25) is 0 Å². The first-order valence-electron chi connectivity index (χ1n) is 6.03. The van der Waals surface area contributed by atoms with Crippen molar-refractivity contribution in [2.24, 2.45) is 0 Å². The van der Waals surface area contributed by atoms with E-state index in [-0.39, 0.29) is 0 Å². The lowest BCUT2D eigenvalue weighted by Gasteiger charge is -2.08. The van der Waals surface area contributed by atoms with Gasteiger partial charge in [0, 0.05) is 31.7 Å². The molecule has 0 spiro atoms. The van der Waals surface area contributed by atoms with Crippen LogP contribution in [0, 0.1) is 0 Å². The fraction of sp³-hybridized carbons (Fsp3) is 0.750. The zero-order valence-electron chi connectivity index (χ0n) is 10.0. The van der Waals surface area contributed by atoms with Crippen LogP contribution in [0.1, 0.15) is 44.1 Å². The van der Waals surface area contributed by atoms with Crippen molar-refractivity contribution in [3.8, 4) is 0 Å². The van der Waals surface area contributed by atoms with E-state index < -0.39 is 0 Å². The molecule has 90 valence electrons. The largest absolute Gasteiger partial charge is 0.377 e. The Hall–Kier alpha value is -0.870. The molecule has 0 amide bonds. The predicted molar refractivity (Wildman–Crippen MR) is 61.3 cm³/mol. The van der Waals surface area contributed by atoms with Crippen molar-refractivity contribution in [2.45, 2.75) is 45.3 Å². The molecule has 1 aliphatic rings.